The van der Waals surface area contributed by atoms with E-state index in [1.807, 2.05) is 61.5 Å². The number of amides is 2. The van der Waals surface area contributed by atoms with E-state index in [9.17, 15) is 9.59 Å². The van der Waals surface area contributed by atoms with Crippen LogP contribution in [0.1, 0.15) is 18.9 Å². The summed E-state index contributed by atoms with van der Waals surface area (Å²) in [6.45, 7) is 4.31. The van der Waals surface area contributed by atoms with Crippen molar-refractivity contribution in [2.75, 3.05) is 19.6 Å². The van der Waals surface area contributed by atoms with Crippen LogP contribution in [0.2, 0.25) is 0 Å². The summed E-state index contributed by atoms with van der Waals surface area (Å²) in [6, 6.07) is 17.0. The summed E-state index contributed by atoms with van der Waals surface area (Å²) in [4.78, 5) is 26.3. The second kappa shape index (κ2) is 9.19. The highest BCUT2D eigenvalue weighted by molar-refractivity contribution is 5.88. The molecule has 2 N–H and O–H groups in total. The molecule has 0 radical (unpaired) electrons. The molecule has 0 bridgehead atoms. The van der Waals surface area contributed by atoms with Gasteiger partial charge in [0.2, 0.25) is 11.8 Å². The Bertz CT molecular complexity index is 779. The Hall–Kier alpha value is -2.86. The van der Waals surface area contributed by atoms with E-state index >= 15 is 0 Å². The first-order valence-electron chi connectivity index (χ1n) is 9.26. The van der Waals surface area contributed by atoms with E-state index in [0.717, 1.165) is 17.1 Å². The molecule has 0 saturated carbocycles. The van der Waals surface area contributed by atoms with Crippen molar-refractivity contribution in [3.8, 4) is 11.5 Å². The minimum absolute atomic E-state index is 0.0933. The van der Waals surface area contributed by atoms with E-state index in [4.69, 9.17) is 4.74 Å². The van der Waals surface area contributed by atoms with Gasteiger partial charge in [-0.25, -0.2) is 0 Å². The highest BCUT2D eigenvalue weighted by Gasteiger charge is 2.31. The molecule has 2 amide bonds. The first kappa shape index (κ1) is 18.9. The molecule has 142 valence electrons. The number of nitrogens with zero attached hydrogens (tertiary/aromatic N) is 1. The average Bonchev–Trinajstić information content (AvgIpc) is 2.66. The molecule has 2 aromatic carbocycles. The molecule has 27 heavy (non-hydrogen) atoms. The molecule has 2 aromatic rings. The van der Waals surface area contributed by atoms with Crippen molar-refractivity contribution >= 4 is 11.8 Å². The maximum atomic E-state index is 12.3. The largest absolute Gasteiger partial charge is 0.457 e. The van der Waals surface area contributed by atoms with Gasteiger partial charge in [0.05, 0.1) is 12.5 Å². The summed E-state index contributed by atoms with van der Waals surface area (Å²) < 4.78 is 5.89. The first-order chi connectivity index (χ1) is 13.2. The summed E-state index contributed by atoms with van der Waals surface area (Å²) in [5, 5.41) is 5.62. The van der Waals surface area contributed by atoms with Crippen LogP contribution in [-0.2, 0) is 16.1 Å². The Balaban J connectivity index is 1.69. The van der Waals surface area contributed by atoms with Crippen LogP contribution in [0.3, 0.4) is 0 Å². The van der Waals surface area contributed by atoms with Gasteiger partial charge >= 0.3 is 0 Å². The van der Waals surface area contributed by atoms with Gasteiger partial charge in [0.1, 0.15) is 11.5 Å². The Morgan fingerprint density at radius 2 is 1.96 bits per heavy atom. The Morgan fingerprint density at radius 1 is 1.19 bits per heavy atom. The maximum absolute atomic E-state index is 12.3. The summed E-state index contributed by atoms with van der Waals surface area (Å²) in [6.07, 6.45) is 0.167. The third-order valence-electron chi connectivity index (χ3n) is 4.46. The molecule has 1 unspecified atom stereocenters. The number of piperazine rings is 1. The van der Waals surface area contributed by atoms with Crippen LogP contribution >= 0.6 is 0 Å². The number of ether oxygens (including phenoxy) is 1. The topological polar surface area (TPSA) is 70.7 Å². The van der Waals surface area contributed by atoms with E-state index < -0.39 is 6.04 Å². The SMILES string of the molecule is CCNC(=O)CC1C(=O)NCCN1Cc1cccc(Oc2ccccc2)c1. The van der Waals surface area contributed by atoms with Gasteiger partial charge in [0.25, 0.3) is 0 Å². The Labute approximate surface area is 159 Å². The zero-order valence-electron chi connectivity index (χ0n) is 15.5. The van der Waals surface area contributed by atoms with Crippen molar-refractivity contribution in [1.29, 1.82) is 0 Å². The van der Waals surface area contributed by atoms with E-state index in [0.29, 0.717) is 26.2 Å². The van der Waals surface area contributed by atoms with Crippen molar-refractivity contribution in [2.45, 2.75) is 25.9 Å². The molecule has 3 rings (SSSR count). The Kier molecular flexibility index (Phi) is 6.44. The van der Waals surface area contributed by atoms with Gasteiger partial charge in [-0.15, -0.1) is 0 Å². The molecule has 1 fully saturated rings. The lowest BCUT2D eigenvalue weighted by atomic mass is 10.1. The van der Waals surface area contributed by atoms with Crippen molar-refractivity contribution in [3.05, 3.63) is 60.2 Å². The van der Waals surface area contributed by atoms with Gasteiger partial charge in [-0.1, -0.05) is 30.3 Å². The van der Waals surface area contributed by atoms with Gasteiger partial charge in [0.15, 0.2) is 0 Å². The fraction of sp³-hybridized carbons (Fsp3) is 0.333. The maximum Gasteiger partial charge on any atom is 0.237 e. The van der Waals surface area contributed by atoms with Crippen LogP contribution < -0.4 is 15.4 Å². The number of carbonyl (C=O) groups excluding carboxylic acids is 2. The molecule has 0 aromatic heterocycles. The predicted molar refractivity (Wildman–Crippen MR) is 103 cm³/mol. The fourth-order valence-corrected chi connectivity index (χ4v) is 3.18. The molecule has 1 aliphatic rings. The monoisotopic (exact) mass is 367 g/mol. The smallest absolute Gasteiger partial charge is 0.237 e. The van der Waals surface area contributed by atoms with Gasteiger partial charge in [-0.2, -0.15) is 0 Å². The number of carbonyl (C=O) groups is 2. The van der Waals surface area contributed by atoms with Crippen LogP contribution in [0.4, 0.5) is 0 Å². The van der Waals surface area contributed by atoms with Crippen molar-refractivity contribution in [2.24, 2.45) is 0 Å². The normalized spacial score (nSPS) is 17.2. The summed E-state index contributed by atoms with van der Waals surface area (Å²) in [5.74, 6) is 1.33. The zero-order valence-corrected chi connectivity index (χ0v) is 15.5. The number of hydrogen-bond donors (Lipinski definition) is 2. The summed E-state index contributed by atoms with van der Waals surface area (Å²) >= 11 is 0. The molecule has 1 saturated heterocycles. The first-order valence-corrected chi connectivity index (χ1v) is 9.26. The molecule has 1 aliphatic heterocycles. The molecule has 1 atom stereocenters. The molecule has 6 nitrogen and oxygen atoms in total. The molecule has 0 aliphatic carbocycles. The number of nitrogens with one attached hydrogen (secondary N) is 2. The van der Waals surface area contributed by atoms with E-state index in [2.05, 4.69) is 15.5 Å². The van der Waals surface area contributed by atoms with Gasteiger partial charge < -0.3 is 15.4 Å². The average molecular weight is 367 g/mol. The minimum atomic E-state index is -0.455. The Morgan fingerprint density at radius 3 is 2.74 bits per heavy atom. The molecule has 0 spiro atoms. The number of para-hydroxylation sites is 1. The number of rotatable bonds is 7. The lowest BCUT2D eigenvalue weighted by Crippen LogP contribution is -2.56. The molecular weight excluding hydrogens is 342 g/mol. The standard InChI is InChI=1S/C21H25N3O3/c1-2-22-20(25)14-19-21(26)23-11-12-24(19)15-16-7-6-10-18(13-16)27-17-8-4-3-5-9-17/h3-10,13,19H,2,11-12,14-15H2,1H3,(H,22,25)(H,23,26). The highest BCUT2D eigenvalue weighted by Crippen LogP contribution is 2.23. The third kappa shape index (κ3) is 5.31. The van der Waals surface area contributed by atoms with Crippen molar-refractivity contribution in [1.82, 2.24) is 15.5 Å². The van der Waals surface area contributed by atoms with E-state index in [1.165, 1.54) is 0 Å². The lowest BCUT2D eigenvalue weighted by molar-refractivity contribution is -0.134. The van der Waals surface area contributed by atoms with Crippen molar-refractivity contribution < 1.29 is 14.3 Å². The van der Waals surface area contributed by atoms with Gasteiger partial charge in [-0.05, 0) is 36.8 Å². The van der Waals surface area contributed by atoms with Gasteiger partial charge in [0, 0.05) is 26.2 Å². The van der Waals surface area contributed by atoms with Crippen LogP contribution in [0.15, 0.2) is 54.6 Å². The molecule has 6 heteroatoms. The summed E-state index contributed by atoms with van der Waals surface area (Å²) in [7, 11) is 0. The molecular formula is C21H25N3O3. The van der Waals surface area contributed by atoms with Crippen molar-refractivity contribution in [3.63, 3.8) is 0 Å². The highest BCUT2D eigenvalue weighted by atomic mass is 16.5. The predicted octanol–water partition coefficient (Wildman–Crippen LogP) is 2.31. The third-order valence-corrected chi connectivity index (χ3v) is 4.46. The lowest BCUT2D eigenvalue weighted by Gasteiger charge is -2.34. The number of benzene rings is 2. The van der Waals surface area contributed by atoms with Crippen LogP contribution in [-0.4, -0.2) is 42.4 Å². The second-order valence-corrected chi connectivity index (χ2v) is 6.50. The quantitative estimate of drug-likeness (QED) is 0.788. The second-order valence-electron chi connectivity index (χ2n) is 6.50. The van der Waals surface area contributed by atoms with Gasteiger partial charge in [-0.3, -0.25) is 14.5 Å². The van der Waals surface area contributed by atoms with Crippen LogP contribution in [0, 0.1) is 0 Å². The summed E-state index contributed by atoms with van der Waals surface area (Å²) in [5.41, 5.74) is 1.04. The molecule has 1 heterocycles. The van der Waals surface area contributed by atoms with E-state index in [1.54, 1.807) is 0 Å². The minimum Gasteiger partial charge on any atom is -0.457 e. The zero-order chi connectivity index (χ0) is 19.1. The van der Waals surface area contributed by atoms with E-state index in [-0.39, 0.29) is 18.2 Å². The van der Waals surface area contributed by atoms with Crippen LogP contribution in [0.5, 0.6) is 11.5 Å². The van der Waals surface area contributed by atoms with Crippen LogP contribution in [0.25, 0.3) is 0 Å². The number of hydrogen-bond acceptors (Lipinski definition) is 4. The fourth-order valence-electron chi connectivity index (χ4n) is 3.18.